The Kier molecular flexibility index (Phi) is 3.02. The van der Waals surface area contributed by atoms with Crippen LogP contribution in [0.4, 0.5) is 0 Å². The molecule has 0 radical (unpaired) electrons. The lowest BCUT2D eigenvalue weighted by Gasteiger charge is -1.97. The standard InChI is InChI=1S/C11H9BrN2OS2/c1-2-6(12)10-13-14-11(15-10)9-5-8-7(17-9)3-4-16-8/h3-6H,2H2,1H3. The van der Waals surface area contributed by atoms with E-state index in [9.17, 15) is 0 Å². The summed E-state index contributed by atoms with van der Waals surface area (Å²) in [5.74, 6) is 1.27. The van der Waals surface area contributed by atoms with E-state index in [0.29, 0.717) is 11.8 Å². The second-order valence-electron chi connectivity index (χ2n) is 3.58. The first kappa shape index (κ1) is 11.4. The van der Waals surface area contributed by atoms with Crippen molar-refractivity contribution in [1.82, 2.24) is 10.2 Å². The van der Waals surface area contributed by atoms with Crippen LogP contribution in [-0.2, 0) is 0 Å². The van der Waals surface area contributed by atoms with Crippen molar-refractivity contribution >= 4 is 48.0 Å². The molecule has 0 aromatic carbocycles. The average Bonchev–Trinajstić information content (AvgIpc) is 3.00. The normalized spacial score (nSPS) is 13.3. The van der Waals surface area contributed by atoms with E-state index in [-0.39, 0.29) is 4.83 Å². The van der Waals surface area contributed by atoms with Crippen LogP contribution in [0.25, 0.3) is 20.2 Å². The summed E-state index contributed by atoms with van der Waals surface area (Å²) < 4.78 is 8.21. The molecule has 0 aliphatic heterocycles. The third-order valence-corrected chi connectivity index (χ3v) is 5.54. The fraction of sp³-hybridized carbons (Fsp3) is 0.273. The van der Waals surface area contributed by atoms with Gasteiger partial charge < -0.3 is 4.42 Å². The highest BCUT2D eigenvalue weighted by molar-refractivity contribution is 9.09. The first-order valence-electron chi connectivity index (χ1n) is 5.23. The number of nitrogens with zero attached hydrogens (tertiary/aromatic N) is 2. The van der Waals surface area contributed by atoms with Gasteiger partial charge in [0.1, 0.15) is 0 Å². The molecule has 0 fully saturated rings. The molecule has 0 aliphatic carbocycles. The van der Waals surface area contributed by atoms with E-state index < -0.39 is 0 Å². The van der Waals surface area contributed by atoms with Gasteiger partial charge in [0.05, 0.1) is 9.70 Å². The Morgan fingerprint density at radius 3 is 3.06 bits per heavy atom. The van der Waals surface area contributed by atoms with Gasteiger partial charge in [0, 0.05) is 9.40 Å². The number of alkyl halides is 1. The zero-order chi connectivity index (χ0) is 11.8. The maximum atomic E-state index is 5.67. The summed E-state index contributed by atoms with van der Waals surface area (Å²) in [4.78, 5) is 1.19. The molecule has 3 nitrogen and oxygen atoms in total. The Bertz CT molecular complexity index is 614. The number of aromatic nitrogens is 2. The van der Waals surface area contributed by atoms with E-state index in [1.54, 1.807) is 22.7 Å². The second kappa shape index (κ2) is 4.51. The summed E-state index contributed by atoms with van der Waals surface area (Å²) in [7, 11) is 0. The zero-order valence-electron chi connectivity index (χ0n) is 9.01. The number of thiophene rings is 2. The number of rotatable bonds is 3. The molecule has 0 saturated carbocycles. The molecule has 3 heterocycles. The number of hydrogen-bond acceptors (Lipinski definition) is 5. The predicted octanol–water partition coefficient (Wildman–Crippen LogP) is 4.86. The van der Waals surface area contributed by atoms with Gasteiger partial charge in [-0.3, -0.25) is 0 Å². The Morgan fingerprint density at radius 1 is 1.41 bits per heavy atom. The molecule has 3 aromatic heterocycles. The minimum atomic E-state index is 0.143. The summed E-state index contributed by atoms with van der Waals surface area (Å²) in [5, 5.41) is 10.3. The SMILES string of the molecule is CCC(Br)c1nnc(-c2cc3sccc3s2)o1. The molecule has 0 spiro atoms. The molecule has 0 aliphatic rings. The first-order valence-corrected chi connectivity index (χ1v) is 7.84. The molecule has 0 amide bonds. The van der Waals surface area contributed by atoms with E-state index >= 15 is 0 Å². The maximum absolute atomic E-state index is 5.67. The van der Waals surface area contributed by atoms with E-state index in [1.165, 1.54) is 9.40 Å². The maximum Gasteiger partial charge on any atom is 0.257 e. The van der Waals surface area contributed by atoms with E-state index in [0.717, 1.165) is 11.3 Å². The van der Waals surface area contributed by atoms with Crippen molar-refractivity contribution in [2.24, 2.45) is 0 Å². The molecule has 0 N–H and O–H groups in total. The second-order valence-corrected chi connectivity index (χ2v) is 6.72. The smallest absolute Gasteiger partial charge is 0.257 e. The summed E-state index contributed by atoms with van der Waals surface area (Å²) in [6, 6.07) is 4.22. The van der Waals surface area contributed by atoms with Gasteiger partial charge in [0.2, 0.25) is 5.89 Å². The van der Waals surface area contributed by atoms with Crippen molar-refractivity contribution in [2.45, 2.75) is 18.2 Å². The van der Waals surface area contributed by atoms with Gasteiger partial charge in [-0.05, 0) is 23.9 Å². The minimum Gasteiger partial charge on any atom is -0.419 e. The van der Waals surface area contributed by atoms with Gasteiger partial charge in [-0.1, -0.05) is 22.9 Å². The molecule has 6 heteroatoms. The van der Waals surface area contributed by atoms with Crippen LogP contribution in [0.3, 0.4) is 0 Å². The molecule has 17 heavy (non-hydrogen) atoms. The molecule has 3 aromatic rings. The van der Waals surface area contributed by atoms with Crippen molar-refractivity contribution in [2.75, 3.05) is 0 Å². The van der Waals surface area contributed by atoms with Gasteiger partial charge in [0.15, 0.2) is 0 Å². The Labute approximate surface area is 115 Å². The lowest BCUT2D eigenvalue weighted by molar-refractivity contribution is 0.501. The van der Waals surface area contributed by atoms with Crippen LogP contribution in [0.2, 0.25) is 0 Å². The summed E-state index contributed by atoms with van der Waals surface area (Å²) in [6.45, 7) is 2.07. The minimum absolute atomic E-state index is 0.143. The van der Waals surface area contributed by atoms with E-state index in [1.807, 2.05) is 0 Å². The Balaban J connectivity index is 1.98. The highest BCUT2D eigenvalue weighted by Gasteiger charge is 2.16. The van der Waals surface area contributed by atoms with Crippen molar-refractivity contribution in [3.05, 3.63) is 23.4 Å². The molecule has 3 rings (SSSR count). The molecule has 0 saturated heterocycles. The summed E-state index contributed by atoms with van der Waals surface area (Å²) >= 11 is 6.93. The van der Waals surface area contributed by atoms with Crippen LogP contribution in [0.1, 0.15) is 24.1 Å². The van der Waals surface area contributed by atoms with Crippen LogP contribution in [-0.4, -0.2) is 10.2 Å². The summed E-state index contributed by atoms with van der Waals surface area (Å²) in [6.07, 6.45) is 0.932. The molecular formula is C11H9BrN2OS2. The van der Waals surface area contributed by atoms with Gasteiger partial charge in [-0.15, -0.1) is 32.9 Å². The highest BCUT2D eigenvalue weighted by Crippen LogP contribution is 2.36. The summed E-state index contributed by atoms with van der Waals surface area (Å²) in [5.41, 5.74) is 0. The number of fused-ring (bicyclic) bond motifs is 1. The lowest BCUT2D eigenvalue weighted by Crippen LogP contribution is -1.86. The predicted molar refractivity (Wildman–Crippen MR) is 75.0 cm³/mol. The van der Waals surface area contributed by atoms with Crippen LogP contribution in [0.15, 0.2) is 21.9 Å². The third-order valence-electron chi connectivity index (χ3n) is 2.42. The van der Waals surface area contributed by atoms with E-state index in [2.05, 4.69) is 50.6 Å². The van der Waals surface area contributed by atoms with Gasteiger partial charge in [0.25, 0.3) is 5.89 Å². The molecule has 1 unspecified atom stereocenters. The van der Waals surface area contributed by atoms with Crippen molar-refractivity contribution < 1.29 is 4.42 Å². The average molecular weight is 329 g/mol. The molecule has 0 bridgehead atoms. The zero-order valence-corrected chi connectivity index (χ0v) is 12.2. The number of hydrogen-bond donors (Lipinski definition) is 0. The third kappa shape index (κ3) is 2.05. The van der Waals surface area contributed by atoms with E-state index in [4.69, 9.17) is 4.42 Å². The Hall–Kier alpha value is -0.720. The van der Waals surface area contributed by atoms with Gasteiger partial charge in [-0.2, -0.15) is 0 Å². The molecular weight excluding hydrogens is 320 g/mol. The van der Waals surface area contributed by atoms with Crippen LogP contribution in [0, 0.1) is 0 Å². The molecule has 1 atom stereocenters. The fourth-order valence-electron chi connectivity index (χ4n) is 1.51. The van der Waals surface area contributed by atoms with Crippen LogP contribution >= 0.6 is 38.6 Å². The van der Waals surface area contributed by atoms with Crippen LogP contribution < -0.4 is 0 Å². The van der Waals surface area contributed by atoms with Crippen molar-refractivity contribution in [3.63, 3.8) is 0 Å². The van der Waals surface area contributed by atoms with Gasteiger partial charge >= 0.3 is 0 Å². The number of halogens is 1. The highest BCUT2D eigenvalue weighted by atomic mass is 79.9. The van der Waals surface area contributed by atoms with Crippen molar-refractivity contribution in [1.29, 1.82) is 0 Å². The van der Waals surface area contributed by atoms with Crippen LogP contribution in [0.5, 0.6) is 0 Å². The largest absolute Gasteiger partial charge is 0.419 e. The first-order chi connectivity index (χ1) is 8.28. The topological polar surface area (TPSA) is 38.9 Å². The monoisotopic (exact) mass is 328 g/mol. The van der Waals surface area contributed by atoms with Crippen molar-refractivity contribution in [3.8, 4) is 10.8 Å². The lowest BCUT2D eigenvalue weighted by atomic mass is 10.3. The molecule has 88 valence electrons. The van der Waals surface area contributed by atoms with Gasteiger partial charge in [-0.25, -0.2) is 0 Å². The quantitative estimate of drug-likeness (QED) is 0.644. The Morgan fingerprint density at radius 2 is 2.29 bits per heavy atom. The fourth-order valence-corrected chi connectivity index (χ4v) is 3.72.